The molecular formula is C13H16O4. The van der Waals surface area contributed by atoms with Crippen LogP contribution in [-0.2, 0) is 9.53 Å². The fraction of sp³-hybridized carbons (Fsp3) is 0.385. The summed E-state index contributed by atoms with van der Waals surface area (Å²) >= 11 is 0. The lowest BCUT2D eigenvalue weighted by Crippen LogP contribution is -2.19. The van der Waals surface area contributed by atoms with Crippen LogP contribution in [0.4, 0.5) is 0 Å². The Hall–Kier alpha value is -1.84. The molecule has 4 heteroatoms. The highest BCUT2D eigenvalue weighted by molar-refractivity contribution is 6.41. The Morgan fingerprint density at radius 3 is 2.12 bits per heavy atom. The molecule has 0 aliphatic rings. The number of ketones is 1. The van der Waals surface area contributed by atoms with Crippen molar-refractivity contribution >= 4 is 11.8 Å². The van der Waals surface area contributed by atoms with Crippen molar-refractivity contribution in [3.63, 3.8) is 0 Å². The van der Waals surface area contributed by atoms with Gasteiger partial charge in [0.1, 0.15) is 5.75 Å². The SMILES string of the molecule is CCOC(=O)C(=O)c1c(C)cc(OC)cc1C. The van der Waals surface area contributed by atoms with Crippen LogP contribution in [-0.4, -0.2) is 25.5 Å². The molecule has 0 spiro atoms. The zero-order valence-corrected chi connectivity index (χ0v) is 10.5. The minimum Gasteiger partial charge on any atom is -0.497 e. The second kappa shape index (κ2) is 5.48. The molecular weight excluding hydrogens is 220 g/mol. The Bertz CT molecular complexity index is 426. The van der Waals surface area contributed by atoms with E-state index in [2.05, 4.69) is 0 Å². The number of aryl methyl sites for hydroxylation is 2. The highest BCUT2D eigenvalue weighted by Crippen LogP contribution is 2.22. The van der Waals surface area contributed by atoms with Crippen molar-refractivity contribution in [1.29, 1.82) is 0 Å². The van der Waals surface area contributed by atoms with Gasteiger partial charge in [0.15, 0.2) is 0 Å². The molecule has 0 N–H and O–H groups in total. The summed E-state index contributed by atoms with van der Waals surface area (Å²) in [4.78, 5) is 23.3. The molecule has 92 valence electrons. The summed E-state index contributed by atoms with van der Waals surface area (Å²) in [6.07, 6.45) is 0. The van der Waals surface area contributed by atoms with Crippen LogP contribution >= 0.6 is 0 Å². The number of carbonyl (C=O) groups excluding carboxylic acids is 2. The van der Waals surface area contributed by atoms with E-state index in [1.54, 1.807) is 40.0 Å². The Balaban J connectivity index is 3.14. The fourth-order valence-electron chi connectivity index (χ4n) is 1.70. The molecule has 0 radical (unpaired) electrons. The van der Waals surface area contributed by atoms with Gasteiger partial charge in [0, 0.05) is 5.56 Å². The first kappa shape index (κ1) is 13.2. The van der Waals surface area contributed by atoms with Gasteiger partial charge in [-0.1, -0.05) is 0 Å². The third-order valence-electron chi connectivity index (χ3n) is 2.43. The van der Waals surface area contributed by atoms with Gasteiger partial charge in [-0.15, -0.1) is 0 Å². The number of carbonyl (C=O) groups is 2. The number of esters is 1. The van der Waals surface area contributed by atoms with Crippen molar-refractivity contribution in [3.8, 4) is 5.75 Å². The van der Waals surface area contributed by atoms with Gasteiger partial charge in [-0.05, 0) is 44.0 Å². The molecule has 0 aliphatic carbocycles. The van der Waals surface area contributed by atoms with Crippen molar-refractivity contribution in [1.82, 2.24) is 0 Å². The molecule has 1 rings (SSSR count). The molecule has 0 heterocycles. The average molecular weight is 236 g/mol. The number of Topliss-reactive ketones (excluding diaryl/α,β-unsaturated/α-hetero) is 1. The number of hydrogen-bond donors (Lipinski definition) is 0. The summed E-state index contributed by atoms with van der Waals surface area (Å²) in [6.45, 7) is 5.39. The lowest BCUT2D eigenvalue weighted by atomic mass is 9.98. The molecule has 0 fully saturated rings. The van der Waals surface area contributed by atoms with Crippen LogP contribution in [0.3, 0.4) is 0 Å². The molecule has 4 nitrogen and oxygen atoms in total. The second-order valence-electron chi connectivity index (χ2n) is 3.69. The number of hydrogen-bond acceptors (Lipinski definition) is 4. The molecule has 0 atom stereocenters. The molecule has 1 aromatic carbocycles. The van der Waals surface area contributed by atoms with Crippen LogP contribution in [0, 0.1) is 13.8 Å². The minimum absolute atomic E-state index is 0.193. The number of rotatable bonds is 4. The number of benzene rings is 1. The van der Waals surface area contributed by atoms with Gasteiger partial charge in [-0.2, -0.15) is 0 Å². The Morgan fingerprint density at radius 2 is 1.71 bits per heavy atom. The minimum atomic E-state index is -0.816. The zero-order valence-electron chi connectivity index (χ0n) is 10.5. The van der Waals surface area contributed by atoms with E-state index < -0.39 is 11.8 Å². The molecule has 17 heavy (non-hydrogen) atoms. The number of methoxy groups -OCH3 is 1. The topological polar surface area (TPSA) is 52.6 Å². The molecule has 0 saturated heterocycles. The van der Waals surface area contributed by atoms with Gasteiger partial charge >= 0.3 is 5.97 Å². The predicted molar refractivity (Wildman–Crippen MR) is 63.4 cm³/mol. The monoisotopic (exact) mass is 236 g/mol. The third kappa shape index (κ3) is 2.84. The van der Waals surface area contributed by atoms with Crippen LogP contribution in [0.1, 0.15) is 28.4 Å². The van der Waals surface area contributed by atoms with Gasteiger partial charge in [-0.25, -0.2) is 4.79 Å². The first-order valence-electron chi connectivity index (χ1n) is 5.38. The van der Waals surface area contributed by atoms with Gasteiger partial charge in [0.05, 0.1) is 13.7 Å². The molecule has 0 amide bonds. The Kier molecular flexibility index (Phi) is 4.26. The summed E-state index contributed by atoms with van der Waals surface area (Å²) in [7, 11) is 1.56. The maximum atomic E-state index is 11.9. The van der Waals surface area contributed by atoms with Gasteiger partial charge in [0.25, 0.3) is 5.78 Å². The normalized spacial score (nSPS) is 9.88. The van der Waals surface area contributed by atoms with E-state index in [4.69, 9.17) is 9.47 Å². The maximum absolute atomic E-state index is 11.9. The van der Waals surface area contributed by atoms with E-state index in [0.717, 1.165) is 0 Å². The van der Waals surface area contributed by atoms with E-state index >= 15 is 0 Å². The van der Waals surface area contributed by atoms with Crippen molar-refractivity contribution in [2.75, 3.05) is 13.7 Å². The zero-order chi connectivity index (χ0) is 13.0. The Labute approximate surface area is 101 Å². The van der Waals surface area contributed by atoms with Crippen LogP contribution in [0.2, 0.25) is 0 Å². The van der Waals surface area contributed by atoms with E-state index in [0.29, 0.717) is 22.4 Å². The van der Waals surface area contributed by atoms with E-state index in [-0.39, 0.29) is 6.61 Å². The average Bonchev–Trinajstić information content (AvgIpc) is 2.28. The largest absolute Gasteiger partial charge is 0.497 e. The molecule has 0 bridgehead atoms. The summed E-state index contributed by atoms with van der Waals surface area (Å²) < 4.78 is 9.80. The smallest absolute Gasteiger partial charge is 0.379 e. The maximum Gasteiger partial charge on any atom is 0.379 e. The van der Waals surface area contributed by atoms with Crippen LogP contribution in [0.25, 0.3) is 0 Å². The van der Waals surface area contributed by atoms with E-state index in [1.807, 2.05) is 0 Å². The number of ether oxygens (including phenoxy) is 2. The summed E-state index contributed by atoms with van der Waals surface area (Å²) in [6, 6.07) is 3.44. The quantitative estimate of drug-likeness (QED) is 0.456. The first-order valence-corrected chi connectivity index (χ1v) is 5.38. The van der Waals surface area contributed by atoms with E-state index in [9.17, 15) is 9.59 Å². The predicted octanol–water partition coefficient (Wildman–Crippen LogP) is 2.06. The molecule has 0 unspecified atom stereocenters. The van der Waals surface area contributed by atoms with Gasteiger partial charge in [-0.3, -0.25) is 4.79 Å². The molecule has 0 saturated carbocycles. The molecule has 0 aromatic heterocycles. The van der Waals surface area contributed by atoms with Crippen LogP contribution in [0.15, 0.2) is 12.1 Å². The van der Waals surface area contributed by atoms with Gasteiger partial charge < -0.3 is 9.47 Å². The highest BCUT2D eigenvalue weighted by atomic mass is 16.5. The van der Waals surface area contributed by atoms with Crippen LogP contribution < -0.4 is 4.74 Å². The summed E-state index contributed by atoms with van der Waals surface area (Å²) in [5, 5.41) is 0. The Morgan fingerprint density at radius 1 is 1.18 bits per heavy atom. The summed E-state index contributed by atoms with van der Waals surface area (Å²) in [5.41, 5.74) is 1.81. The van der Waals surface area contributed by atoms with Crippen molar-refractivity contribution in [2.24, 2.45) is 0 Å². The fourth-order valence-corrected chi connectivity index (χ4v) is 1.70. The lowest BCUT2D eigenvalue weighted by molar-refractivity contribution is -0.137. The standard InChI is InChI=1S/C13H16O4/c1-5-17-13(15)12(14)11-8(2)6-10(16-4)7-9(11)3/h6-7H,5H2,1-4H3. The molecule has 0 aliphatic heterocycles. The second-order valence-corrected chi connectivity index (χ2v) is 3.69. The van der Waals surface area contributed by atoms with Crippen LogP contribution in [0.5, 0.6) is 5.75 Å². The first-order chi connectivity index (χ1) is 8.01. The lowest BCUT2D eigenvalue weighted by Gasteiger charge is -2.10. The van der Waals surface area contributed by atoms with Gasteiger partial charge in [0.2, 0.25) is 0 Å². The molecule has 1 aromatic rings. The van der Waals surface area contributed by atoms with E-state index in [1.165, 1.54) is 0 Å². The highest BCUT2D eigenvalue weighted by Gasteiger charge is 2.22. The summed E-state index contributed by atoms with van der Waals surface area (Å²) in [5.74, 6) is -0.756. The van der Waals surface area contributed by atoms with Crippen molar-refractivity contribution < 1.29 is 19.1 Å². The van der Waals surface area contributed by atoms with Crippen molar-refractivity contribution in [3.05, 3.63) is 28.8 Å². The third-order valence-corrected chi connectivity index (χ3v) is 2.43. The van der Waals surface area contributed by atoms with Crippen molar-refractivity contribution in [2.45, 2.75) is 20.8 Å².